The highest BCUT2D eigenvalue weighted by atomic mass is 16.5. The van der Waals surface area contributed by atoms with Crippen LogP contribution in [0, 0.1) is 0 Å². The highest BCUT2D eigenvalue weighted by molar-refractivity contribution is 5.77. The molecule has 0 saturated carbocycles. The number of nitrogens with zero attached hydrogens (tertiary/aromatic N) is 3. The lowest BCUT2D eigenvalue weighted by molar-refractivity contribution is -0.123. The summed E-state index contributed by atoms with van der Waals surface area (Å²) in [6.45, 7) is 1.10. The summed E-state index contributed by atoms with van der Waals surface area (Å²) in [5, 5.41) is 7.29. The first-order valence-corrected chi connectivity index (χ1v) is 7.70. The molecule has 1 N–H and O–H groups in total. The fourth-order valence-electron chi connectivity index (χ4n) is 2.19. The molecular weight excluding hydrogens is 304 g/mol. The molecule has 24 heavy (non-hydrogen) atoms. The lowest BCUT2D eigenvalue weighted by Crippen LogP contribution is -2.31. The van der Waals surface area contributed by atoms with Gasteiger partial charge in [0.15, 0.2) is 6.61 Å². The summed E-state index contributed by atoms with van der Waals surface area (Å²) in [5.41, 5.74) is 1.90. The molecule has 1 amide bonds. The predicted molar refractivity (Wildman–Crippen MR) is 90.4 cm³/mol. The summed E-state index contributed by atoms with van der Waals surface area (Å²) in [6.07, 6.45) is 5.37. The number of hydrogen-bond acceptors (Lipinski definition) is 4. The van der Waals surface area contributed by atoms with Gasteiger partial charge in [0.25, 0.3) is 5.91 Å². The van der Waals surface area contributed by atoms with Gasteiger partial charge in [-0.1, -0.05) is 18.2 Å². The van der Waals surface area contributed by atoms with Crippen LogP contribution >= 0.6 is 0 Å². The van der Waals surface area contributed by atoms with E-state index in [4.69, 9.17) is 4.74 Å². The topological polar surface area (TPSA) is 69.0 Å². The minimum atomic E-state index is -0.152. The third kappa shape index (κ3) is 4.42. The van der Waals surface area contributed by atoms with E-state index in [9.17, 15) is 4.79 Å². The number of para-hydroxylation sites is 1. The standard InChI is InChI=1S/C18H18N4O2/c23-18(14-24-16-4-2-1-3-5-16)20-11-13-22-12-8-17(21-22)15-6-9-19-10-7-15/h1-10,12H,11,13-14H2,(H,20,23). The number of hydrogen-bond donors (Lipinski definition) is 1. The van der Waals surface area contributed by atoms with Crippen molar-refractivity contribution in [1.82, 2.24) is 20.1 Å². The zero-order valence-corrected chi connectivity index (χ0v) is 13.1. The van der Waals surface area contributed by atoms with Gasteiger partial charge in [-0.25, -0.2) is 0 Å². The average molecular weight is 322 g/mol. The normalized spacial score (nSPS) is 10.3. The van der Waals surface area contributed by atoms with E-state index in [1.807, 2.05) is 54.7 Å². The summed E-state index contributed by atoms with van der Waals surface area (Å²) < 4.78 is 7.19. The first-order valence-electron chi connectivity index (χ1n) is 7.70. The number of aromatic nitrogens is 3. The molecule has 3 aromatic rings. The van der Waals surface area contributed by atoms with Crippen LogP contribution in [0.5, 0.6) is 5.75 Å². The molecule has 6 nitrogen and oxygen atoms in total. The Balaban J connectivity index is 1.42. The summed E-state index contributed by atoms with van der Waals surface area (Å²) in [4.78, 5) is 15.8. The molecule has 2 aromatic heterocycles. The second-order valence-corrected chi connectivity index (χ2v) is 5.15. The van der Waals surface area contributed by atoms with Crippen molar-refractivity contribution >= 4 is 5.91 Å². The van der Waals surface area contributed by atoms with Gasteiger partial charge in [0, 0.05) is 30.7 Å². The van der Waals surface area contributed by atoms with Gasteiger partial charge < -0.3 is 10.1 Å². The Kier molecular flexibility index (Phi) is 5.19. The molecule has 0 aliphatic rings. The van der Waals surface area contributed by atoms with Crippen LogP contribution in [0.2, 0.25) is 0 Å². The molecule has 0 saturated heterocycles. The molecule has 0 radical (unpaired) electrons. The van der Waals surface area contributed by atoms with Crippen LogP contribution in [0.1, 0.15) is 0 Å². The van der Waals surface area contributed by atoms with Gasteiger partial charge in [-0.2, -0.15) is 5.10 Å². The number of ether oxygens (including phenoxy) is 1. The number of rotatable bonds is 7. The molecule has 0 unspecified atom stereocenters. The van der Waals surface area contributed by atoms with Gasteiger partial charge in [0.2, 0.25) is 0 Å². The van der Waals surface area contributed by atoms with Crippen LogP contribution in [0.3, 0.4) is 0 Å². The Morgan fingerprint density at radius 1 is 1.08 bits per heavy atom. The average Bonchev–Trinajstić information content (AvgIpc) is 3.11. The fraction of sp³-hybridized carbons (Fsp3) is 0.167. The third-order valence-corrected chi connectivity index (χ3v) is 3.39. The lowest BCUT2D eigenvalue weighted by Gasteiger charge is -2.07. The zero-order valence-electron chi connectivity index (χ0n) is 13.1. The SMILES string of the molecule is O=C(COc1ccccc1)NCCn1ccc(-c2ccncc2)n1. The van der Waals surface area contributed by atoms with Crippen molar-refractivity contribution in [3.63, 3.8) is 0 Å². The molecule has 6 heteroatoms. The second kappa shape index (κ2) is 7.92. The highest BCUT2D eigenvalue weighted by Crippen LogP contribution is 2.14. The van der Waals surface area contributed by atoms with Crippen LogP contribution in [0.25, 0.3) is 11.3 Å². The van der Waals surface area contributed by atoms with Gasteiger partial charge >= 0.3 is 0 Å². The van der Waals surface area contributed by atoms with Gasteiger partial charge in [-0.3, -0.25) is 14.5 Å². The number of nitrogens with one attached hydrogen (secondary N) is 1. The largest absolute Gasteiger partial charge is 0.484 e. The summed E-state index contributed by atoms with van der Waals surface area (Å²) >= 11 is 0. The second-order valence-electron chi connectivity index (χ2n) is 5.15. The smallest absolute Gasteiger partial charge is 0.258 e. The lowest BCUT2D eigenvalue weighted by atomic mass is 10.2. The Hall–Kier alpha value is -3.15. The molecule has 0 spiro atoms. The van der Waals surface area contributed by atoms with Crippen molar-refractivity contribution in [2.24, 2.45) is 0 Å². The fourth-order valence-corrected chi connectivity index (χ4v) is 2.19. The van der Waals surface area contributed by atoms with Crippen molar-refractivity contribution in [3.05, 3.63) is 67.1 Å². The van der Waals surface area contributed by atoms with Crippen molar-refractivity contribution in [3.8, 4) is 17.0 Å². The Bertz CT molecular complexity index is 772. The van der Waals surface area contributed by atoms with Crippen molar-refractivity contribution in [2.45, 2.75) is 6.54 Å². The number of benzene rings is 1. The monoisotopic (exact) mass is 322 g/mol. The van der Waals surface area contributed by atoms with Gasteiger partial charge in [0.1, 0.15) is 5.75 Å². The van der Waals surface area contributed by atoms with Crippen molar-refractivity contribution in [1.29, 1.82) is 0 Å². The van der Waals surface area contributed by atoms with Crippen LogP contribution in [0.4, 0.5) is 0 Å². The van der Waals surface area contributed by atoms with E-state index in [2.05, 4.69) is 15.4 Å². The summed E-state index contributed by atoms with van der Waals surface area (Å²) in [7, 11) is 0. The number of pyridine rings is 1. The van der Waals surface area contributed by atoms with Crippen LogP contribution < -0.4 is 10.1 Å². The highest BCUT2D eigenvalue weighted by Gasteiger charge is 2.04. The van der Waals surface area contributed by atoms with Crippen LogP contribution in [-0.4, -0.2) is 33.8 Å². The molecule has 0 aliphatic heterocycles. The van der Waals surface area contributed by atoms with E-state index in [0.29, 0.717) is 18.8 Å². The molecule has 1 aromatic carbocycles. The predicted octanol–water partition coefficient (Wildman–Crippen LogP) is 2.14. The molecule has 0 fully saturated rings. The maximum absolute atomic E-state index is 11.8. The Morgan fingerprint density at radius 3 is 2.67 bits per heavy atom. The molecule has 122 valence electrons. The van der Waals surface area contributed by atoms with E-state index in [0.717, 1.165) is 11.3 Å². The molecular formula is C18H18N4O2. The van der Waals surface area contributed by atoms with Crippen LogP contribution in [-0.2, 0) is 11.3 Å². The van der Waals surface area contributed by atoms with Crippen LogP contribution in [0.15, 0.2) is 67.1 Å². The molecule has 2 heterocycles. The van der Waals surface area contributed by atoms with E-state index in [1.54, 1.807) is 17.1 Å². The summed E-state index contributed by atoms with van der Waals surface area (Å²) in [6, 6.07) is 15.0. The Labute approximate surface area is 140 Å². The van der Waals surface area contributed by atoms with E-state index in [1.165, 1.54) is 0 Å². The van der Waals surface area contributed by atoms with Gasteiger partial charge in [-0.15, -0.1) is 0 Å². The number of amides is 1. The molecule has 3 rings (SSSR count). The molecule has 0 aliphatic carbocycles. The molecule has 0 atom stereocenters. The third-order valence-electron chi connectivity index (χ3n) is 3.39. The van der Waals surface area contributed by atoms with E-state index < -0.39 is 0 Å². The van der Waals surface area contributed by atoms with Gasteiger partial charge in [-0.05, 0) is 30.3 Å². The number of carbonyl (C=O) groups is 1. The quantitative estimate of drug-likeness (QED) is 0.723. The van der Waals surface area contributed by atoms with E-state index >= 15 is 0 Å². The maximum Gasteiger partial charge on any atom is 0.258 e. The van der Waals surface area contributed by atoms with Crippen molar-refractivity contribution < 1.29 is 9.53 Å². The first-order chi connectivity index (χ1) is 11.8. The summed E-state index contributed by atoms with van der Waals surface area (Å²) in [5.74, 6) is 0.530. The minimum Gasteiger partial charge on any atom is -0.484 e. The van der Waals surface area contributed by atoms with Crippen molar-refractivity contribution in [2.75, 3.05) is 13.2 Å². The number of carbonyl (C=O) groups excluding carboxylic acids is 1. The minimum absolute atomic E-state index is 0.00534. The van der Waals surface area contributed by atoms with E-state index in [-0.39, 0.29) is 12.5 Å². The molecule has 0 bridgehead atoms. The Morgan fingerprint density at radius 2 is 1.88 bits per heavy atom. The first kappa shape index (κ1) is 15.7. The van der Waals surface area contributed by atoms with Gasteiger partial charge in [0.05, 0.1) is 12.2 Å². The zero-order chi connectivity index (χ0) is 16.6. The maximum atomic E-state index is 11.8.